The topological polar surface area (TPSA) is 96.4 Å². The highest BCUT2D eigenvalue weighted by atomic mass is 32.2. The number of esters is 1. The van der Waals surface area contributed by atoms with Gasteiger partial charge in [-0.2, -0.15) is 4.98 Å². The number of aromatic nitrogens is 2. The van der Waals surface area contributed by atoms with Crippen molar-refractivity contribution in [1.82, 2.24) is 9.55 Å². The van der Waals surface area contributed by atoms with Gasteiger partial charge in [0.2, 0.25) is 5.44 Å². The second kappa shape index (κ2) is 8.00. The number of nitrogen functional groups attached to an aromatic ring is 1. The van der Waals surface area contributed by atoms with E-state index in [0.717, 1.165) is 12.8 Å². The lowest BCUT2D eigenvalue weighted by Gasteiger charge is -2.37. The zero-order valence-corrected chi connectivity index (χ0v) is 16.3. The van der Waals surface area contributed by atoms with Gasteiger partial charge in [0.15, 0.2) is 0 Å². The fourth-order valence-electron chi connectivity index (χ4n) is 3.76. The Morgan fingerprint density at radius 3 is 2.92 bits per heavy atom. The molecule has 7 nitrogen and oxygen atoms in total. The maximum absolute atomic E-state index is 12.6. The van der Waals surface area contributed by atoms with Crippen LogP contribution in [0.15, 0.2) is 17.1 Å². The molecule has 2 aliphatic rings. The van der Waals surface area contributed by atoms with Crippen LogP contribution in [0.2, 0.25) is 0 Å². The Morgan fingerprint density at radius 2 is 2.23 bits per heavy atom. The number of thioether (sulfide) groups is 1. The SMILES string of the molecule is CC(C)[C@@H]1CC[C@@H](C)C[C@H]1OC(=O)C1OC([15n]2ccc(N)[15n][13c]2=O)CS1. The molecule has 8 heteroatoms. The molecule has 0 spiro atoms. The molecule has 3 rings (SSSR count). The molecule has 2 fully saturated rings. The third kappa shape index (κ3) is 4.23. The van der Waals surface area contributed by atoms with Crippen molar-refractivity contribution < 1.29 is 14.3 Å². The van der Waals surface area contributed by atoms with Crippen molar-refractivity contribution in [3.8, 4) is 0 Å². The molecule has 1 saturated heterocycles. The van der Waals surface area contributed by atoms with E-state index in [9.17, 15) is 9.59 Å². The quantitative estimate of drug-likeness (QED) is 0.796. The third-order valence-corrected chi connectivity index (χ3v) is 6.34. The van der Waals surface area contributed by atoms with Crippen molar-refractivity contribution in [1.29, 1.82) is 0 Å². The van der Waals surface area contributed by atoms with E-state index in [1.165, 1.54) is 28.8 Å². The van der Waals surface area contributed by atoms with E-state index in [2.05, 4.69) is 25.8 Å². The fraction of sp³-hybridized carbons (Fsp3) is 0.722. The fourth-order valence-corrected chi connectivity index (χ4v) is 4.74. The largest absolute Gasteiger partial charge is 0.459 e. The molecular formula is C18H27N3O4S. The van der Waals surface area contributed by atoms with Gasteiger partial charge in [-0.15, -0.1) is 11.8 Å². The Balaban J connectivity index is 1.63. The van der Waals surface area contributed by atoms with Crippen molar-refractivity contribution in [2.75, 3.05) is 11.5 Å². The van der Waals surface area contributed by atoms with E-state index in [0.29, 0.717) is 23.5 Å². The average molecular weight is 384 g/mol. The number of nitrogens with two attached hydrogens (primary N) is 1. The minimum absolute atomic E-state index is 0.0598. The normalized spacial score (nSPS) is 31.9. The van der Waals surface area contributed by atoms with Gasteiger partial charge in [-0.25, -0.2) is 9.59 Å². The standard InChI is InChI=1S/C18H27N3O4S/c1-10(2)12-5-4-11(3)8-13(12)24-16(22)17-25-15(9-26-17)21-7-6-14(19)20-18(21)23/h6-7,10-13,15,17H,4-5,8-9H2,1-3H3,(H2,19,20,23)/t11-,12+,13-,15?,17?/m1/s1/i18+1,20+1,21+1. The van der Waals surface area contributed by atoms with Gasteiger partial charge in [0.25, 0.3) is 0 Å². The molecule has 144 valence electrons. The molecule has 5 atom stereocenters. The number of rotatable bonds is 4. The molecule has 0 radical (unpaired) electrons. The van der Waals surface area contributed by atoms with E-state index in [1.807, 2.05) is 0 Å². The summed E-state index contributed by atoms with van der Waals surface area (Å²) in [7, 11) is 0. The second-order valence-electron chi connectivity index (χ2n) is 7.60. The predicted molar refractivity (Wildman–Crippen MR) is 101 cm³/mol. The Morgan fingerprint density at radius 1 is 1.46 bits per heavy atom. The Labute approximate surface area is 157 Å². The lowest BCUT2D eigenvalue weighted by Crippen LogP contribution is -2.38. The van der Waals surface area contributed by atoms with Gasteiger partial charge in [-0.05, 0) is 36.7 Å². The number of hydrogen-bond acceptors (Lipinski definition) is 7. The molecule has 2 N–H and O–H groups in total. The molecule has 26 heavy (non-hydrogen) atoms. The van der Waals surface area contributed by atoms with Gasteiger partial charge in [-0.3, -0.25) is 4.57 Å². The van der Waals surface area contributed by atoms with E-state index >= 15 is 0 Å². The number of hydrogen-bond donors (Lipinski definition) is 1. The van der Waals surface area contributed by atoms with Crippen molar-refractivity contribution in [2.45, 2.75) is 57.8 Å². The summed E-state index contributed by atoms with van der Waals surface area (Å²) in [5.74, 6) is 1.73. The van der Waals surface area contributed by atoms with Crippen LogP contribution in [-0.4, -0.2) is 32.8 Å². The first-order valence-electron chi connectivity index (χ1n) is 9.17. The van der Waals surface area contributed by atoms with Gasteiger partial charge in [0, 0.05) is 11.9 Å². The van der Waals surface area contributed by atoms with Crippen LogP contribution in [-0.2, 0) is 14.3 Å². The summed E-state index contributed by atoms with van der Waals surface area (Å²) in [6.45, 7) is 6.56. The van der Waals surface area contributed by atoms with Crippen LogP contribution in [0.1, 0.15) is 46.3 Å². The number of ether oxygens (including phenoxy) is 2. The average Bonchev–Trinajstić information content (AvgIpc) is 3.04. The molecule has 0 aromatic carbocycles. The van der Waals surface area contributed by atoms with Crippen molar-refractivity contribution in [2.24, 2.45) is 17.8 Å². The molecule has 0 amide bonds. The first kappa shape index (κ1) is 19.2. The van der Waals surface area contributed by atoms with E-state index in [4.69, 9.17) is 15.2 Å². The molecule has 1 saturated carbocycles. The highest BCUT2D eigenvalue weighted by molar-refractivity contribution is 8.00. The van der Waals surface area contributed by atoms with Crippen molar-refractivity contribution >= 4 is 23.5 Å². The minimum Gasteiger partial charge on any atom is -0.459 e. The summed E-state index contributed by atoms with van der Waals surface area (Å²) in [6, 6.07) is 1.54. The smallest absolute Gasteiger partial charge is 0.351 e. The summed E-state index contributed by atoms with van der Waals surface area (Å²) >= 11 is 1.35. The van der Waals surface area contributed by atoms with Gasteiger partial charge in [-0.1, -0.05) is 27.2 Å². The van der Waals surface area contributed by atoms with E-state index in [-0.39, 0.29) is 17.9 Å². The van der Waals surface area contributed by atoms with Crippen LogP contribution in [0.25, 0.3) is 0 Å². The summed E-state index contributed by atoms with van der Waals surface area (Å²) in [6.07, 6.45) is 4.11. The van der Waals surface area contributed by atoms with Crippen LogP contribution in [0.3, 0.4) is 0 Å². The Bertz CT molecular complexity index is 708. The molecule has 1 aromatic rings. The second-order valence-corrected chi connectivity index (χ2v) is 8.69. The van der Waals surface area contributed by atoms with Crippen LogP contribution in [0.4, 0.5) is 5.82 Å². The molecule has 1 aliphatic carbocycles. The van der Waals surface area contributed by atoms with Crippen molar-refractivity contribution in [3.05, 3.63) is 22.7 Å². The maximum atomic E-state index is 12.6. The number of anilines is 1. The van der Waals surface area contributed by atoms with Gasteiger partial charge < -0.3 is 15.2 Å². The molecule has 0 bridgehead atoms. The summed E-state index contributed by atoms with van der Waals surface area (Å²) in [5, 5.41) is 0. The Kier molecular flexibility index (Phi) is 5.92. The lowest BCUT2D eigenvalue weighted by molar-refractivity contribution is -0.166. The zero-order valence-electron chi connectivity index (χ0n) is 15.5. The Hall–Kier alpha value is -1.54. The predicted octanol–water partition coefficient (Wildman–Crippen LogP) is 2.42. The van der Waals surface area contributed by atoms with Gasteiger partial charge in [0.05, 0.1) is 0 Å². The van der Waals surface area contributed by atoms with Crippen LogP contribution in [0, 0.1) is 17.8 Å². The van der Waals surface area contributed by atoms with Crippen molar-refractivity contribution in [3.63, 3.8) is 0 Å². The lowest BCUT2D eigenvalue weighted by atomic mass is 9.75. The third-order valence-electron chi connectivity index (χ3n) is 5.25. The zero-order chi connectivity index (χ0) is 18.8. The maximum Gasteiger partial charge on any atom is 0.351 e. The monoisotopic (exact) mass is 384 g/mol. The molecular weight excluding hydrogens is 357 g/mol. The summed E-state index contributed by atoms with van der Waals surface area (Å²) < 4.78 is 13.0. The minimum atomic E-state index is -0.713. The number of carbonyl (C=O) groups excluding carboxylic acids is 1. The van der Waals surface area contributed by atoms with E-state index < -0.39 is 17.4 Å². The molecule has 2 heterocycles. The molecule has 1 aliphatic heterocycles. The highest BCUT2D eigenvalue weighted by Gasteiger charge is 2.38. The molecule has 1 aromatic heterocycles. The van der Waals surface area contributed by atoms with E-state index in [1.54, 1.807) is 6.20 Å². The molecule has 2 unspecified atom stereocenters. The first-order chi connectivity index (χ1) is 12.3. The van der Waals surface area contributed by atoms with Crippen LogP contribution >= 0.6 is 11.8 Å². The first-order valence-corrected chi connectivity index (χ1v) is 10.2. The number of carbonyl (C=O) groups is 1. The van der Waals surface area contributed by atoms with Gasteiger partial charge >= 0.3 is 11.7 Å². The highest BCUT2D eigenvalue weighted by Crippen LogP contribution is 2.37. The number of nitrogens with zero attached hydrogens (tertiary/aromatic N) is 2. The summed E-state index contributed by atoms with van der Waals surface area (Å²) in [4.78, 5) is 28.3. The van der Waals surface area contributed by atoms with Crippen LogP contribution < -0.4 is 11.4 Å². The summed E-state index contributed by atoms with van der Waals surface area (Å²) in [5.41, 5.74) is 4.32. The van der Waals surface area contributed by atoms with Gasteiger partial charge in [0.1, 0.15) is 18.1 Å². The van der Waals surface area contributed by atoms with Crippen LogP contribution in [0.5, 0.6) is 0 Å².